The van der Waals surface area contributed by atoms with Crippen molar-refractivity contribution in [3.63, 3.8) is 0 Å². The van der Waals surface area contributed by atoms with Gasteiger partial charge in [0.2, 0.25) is 0 Å². The van der Waals surface area contributed by atoms with Gasteiger partial charge in [0.1, 0.15) is 29.4 Å². The fraction of sp³-hybridized carbons (Fsp3) is 0.133. The Balaban J connectivity index is 2.21. The van der Waals surface area contributed by atoms with E-state index >= 15 is 0 Å². The van der Waals surface area contributed by atoms with Gasteiger partial charge >= 0.3 is 5.97 Å². The molecule has 2 aromatic rings. The van der Waals surface area contributed by atoms with Gasteiger partial charge in [-0.1, -0.05) is 12.1 Å². The van der Waals surface area contributed by atoms with Gasteiger partial charge in [-0.25, -0.2) is 4.79 Å². The molecule has 104 valence electrons. The number of aromatic hydroxyl groups is 1. The van der Waals surface area contributed by atoms with Crippen molar-refractivity contribution in [3.05, 3.63) is 53.6 Å². The van der Waals surface area contributed by atoms with Crippen LogP contribution < -0.4 is 9.47 Å². The van der Waals surface area contributed by atoms with Gasteiger partial charge in [-0.05, 0) is 29.8 Å². The van der Waals surface area contributed by atoms with Gasteiger partial charge in [-0.15, -0.1) is 0 Å². The highest BCUT2D eigenvalue weighted by molar-refractivity contribution is 5.91. The molecule has 0 aliphatic rings. The maximum Gasteiger partial charge on any atom is 0.339 e. The summed E-state index contributed by atoms with van der Waals surface area (Å²) in [6.45, 7) is 0.155. The van der Waals surface area contributed by atoms with Crippen molar-refractivity contribution >= 4 is 5.97 Å². The molecule has 0 atom stereocenters. The van der Waals surface area contributed by atoms with Crippen LogP contribution in [0.5, 0.6) is 17.2 Å². The first-order chi connectivity index (χ1) is 9.60. The number of methoxy groups -OCH3 is 1. The quantitative estimate of drug-likeness (QED) is 0.876. The van der Waals surface area contributed by atoms with E-state index < -0.39 is 5.97 Å². The second-order valence-electron chi connectivity index (χ2n) is 4.13. The number of ether oxygens (including phenoxy) is 2. The van der Waals surface area contributed by atoms with Crippen molar-refractivity contribution in [2.24, 2.45) is 0 Å². The van der Waals surface area contributed by atoms with Gasteiger partial charge in [0.15, 0.2) is 0 Å². The molecular formula is C15H14O5. The normalized spacial score (nSPS) is 10.1. The zero-order valence-corrected chi connectivity index (χ0v) is 10.9. The highest BCUT2D eigenvalue weighted by Crippen LogP contribution is 2.26. The predicted octanol–water partition coefficient (Wildman–Crippen LogP) is 2.68. The number of carboxylic acids is 1. The molecule has 2 N–H and O–H groups in total. The van der Waals surface area contributed by atoms with E-state index in [1.54, 1.807) is 30.3 Å². The second-order valence-corrected chi connectivity index (χ2v) is 4.13. The molecule has 2 rings (SSSR count). The summed E-state index contributed by atoms with van der Waals surface area (Å²) < 4.78 is 10.6. The number of aromatic carboxylic acids is 1. The van der Waals surface area contributed by atoms with Gasteiger partial charge in [-0.2, -0.15) is 0 Å². The standard InChI is InChI=1S/C15H14O5/c1-19-12-5-6-13(15(17)18)14(8-12)20-9-10-3-2-4-11(16)7-10/h2-8,16H,9H2,1H3,(H,17,18). The summed E-state index contributed by atoms with van der Waals surface area (Å²) in [5.74, 6) is -0.199. The summed E-state index contributed by atoms with van der Waals surface area (Å²) in [6.07, 6.45) is 0. The Bertz CT molecular complexity index is 621. The van der Waals surface area contributed by atoms with E-state index in [1.807, 2.05) is 0 Å². The minimum atomic E-state index is -1.07. The molecule has 0 unspecified atom stereocenters. The molecule has 0 saturated heterocycles. The van der Waals surface area contributed by atoms with Gasteiger partial charge in [0.05, 0.1) is 7.11 Å². The molecule has 20 heavy (non-hydrogen) atoms. The van der Waals surface area contributed by atoms with Gasteiger partial charge < -0.3 is 19.7 Å². The number of phenols is 1. The summed E-state index contributed by atoms with van der Waals surface area (Å²) in [6, 6.07) is 11.1. The lowest BCUT2D eigenvalue weighted by molar-refractivity contribution is 0.0691. The minimum absolute atomic E-state index is 0.0611. The summed E-state index contributed by atoms with van der Waals surface area (Å²) in [5, 5.41) is 18.5. The summed E-state index contributed by atoms with van der Waals surface area (Å²) in [7, 11) is 1.49. The van der Waals surface area contributed by atoms with Crippen LogP contribution >= 0.6 is 0 Å². The lowest BCUT2D eigenvalue weighted by Crippen LogP contribution is -2.03. The van der Waals surface area contributed by atoms with Crippen LogP contribution in [-0.2, 0) is 6.61 Å². The molecular weight excluding hydrogens is 260 g/mol. The van der Waals surface area contributed by atoms with Crippen molar-refractivity contribution < 1.29 is 24.5 Å². The van der Waals surface area contributed by atoms with Crippen LogP contribution in [0, 0.1) is 0 Å². The molecule has 0 heterocycles. The fourth-order valence-corrected chi connectivity index (χ4v) is 1.73. The molecule has 0 amide bonds. The van der Waals surface area contributed by atoms with Gasteiger partial charge in [-0.3, -0.25) is 0 Å². The van der Waals surface area contributed by atoms with Crippen molar-refractivity contribution in [3.8, 4) is 17.2 Å². The van der Waals surface area contributed by atoms with Gasteiger partial charge in [0, 0.05) is 6.07 Å². The van der Waals surface area contributed by atoms with Crippen molar-refractivity contribution in [1.29, 1.82) is 0 Å². The Morgan fingerprint density at radius 1 is 1.20 bits per heavy atom. The topological polar surface area (TPSA) is 76.0 Å². The van der Waals surface area contributed by atoms with Crippen LogP contribution in [-0.4, -0.2) is 23.3 Å². The lowest BCUT2D eigenvalue weighted by Gasteiger charge is -2.11. The molecule has 0 aromatic heterocycles. The van der Waals surface area contributed by atoms with Crippen molar-refractivity contribution in [1.82, 2.24) is 0 Å². The van der Waals surface area contributed by atoms with E-state index in [1.165, 1.54) is 19.2 Å². The zero-order valence-electron chi connectivity index (χ0n) is 10.9. The number of rotatable bonds is 5. The Morgan fingerprint density at radius 3 is 2.65 bits per heavy atom. The molecule has 0 bridgehead atoms. The SMILES string of the molecule is COc1ccc(C(=O)O)c(OCc2cccc(O)c2)c1. The Hall–Kier alpha value is -2.69. The summed E-state index contributed by atoms with van der Waals surface area (Å²) >= 11 is 0. The van der Waals surface area contributed by atoms with Crippen LogP contribution in [0.3, 0.4) is 0 Å². The predicted molar refractivity (Wildman–Crippen MR) is 72.4 cm³/mol. The van der Waals surface area contributed by atoms with Crippen LogP contribution in [0.1, 0.15) is 15.9 Å². The van der Waals surface area contributed by atoms with E-state index in [-0.39, 0.29) is 23.7 Å². The molecule has 0 spiro atoms. The van der Waals surface area contributed by atoms with E-state index in [0.29, 0.717) is 5.75 Å². The number of carboxylic acid groups (broad SMARTS) is 1. The maximum absolute atomic E-state index is 11.1. The molecule has 5 nitrogen and oxygen atoms in total. The third-order valence-corrected chi connectivity index (χ3v) is 2.72. The molecule has 0 aliphatic carbocycles. The highest BCUT2D eigenvalue weighted by Gasteiger charge is 2.12. The first kappa shape index (κ1) is 13.7. The summed E-state index contributed by atoms with van der Waals surface area (Å²) in [5.41, 5.74) is 0.801. The molecule has 2 aromatic carbocycles. The lowest BCUT2D eigenvalue weighted by atomic mass is 10.2. The Labute approximate surface area is 116 Å². The van der Waals surface area contributed by atoms with E-state index in [9.17, 15) is 9.90 Å². The minimum Gasteiger partial charge on any atom is -0.508 e. The number of hydrogen-bond donors (Lipinski definition) is 2. The molecule has 0 aliphatic heterocycles. The fourth-order valence-electron chi connectivity index (χ4n) is 1.73. The van der Waals surface area contributed by atoms with E-state index in [0.717, 1.165) is 5.56 Å². The zero-order chi connectivity index (χ0) is 14.5. The summed E-state index contributed by atoms with van der Waals surface area (Å²) in [4.78, 5) is 11.1. The number of phenolic OH excluding ortho intramolecular Hbond substituents is 1. The average Bonchev–Trinajstić information content (AvgIpc) is 2.44. The monoisotopic (exact) mass is 274 g/mol. The van der Waals surface area contributed by atoms with Gasteiger partial charge in [0.25, 0.3) is 0 Å². The van der Waals surface area contributed by atoms with E-state index in [2.05, 4.69) is 0 Å². The Kier molecular flexibility index (Phi) is 4.10. The van der Waals surface area contributed by atoms with Crippen LogP contribution in [0.25, 0.3) is 0 Å². The first-order valence-corrected chi connectivity index (χ1v) is 5.92. The third kappa shape index (κ3) is 3.20. The second kappa shape index (κ2) is 5.97. The third-order valence-electron chi connectivity index (χ3n) is 2.72. The molecule has 0 fully saturated rings. The van der Waals surface area contributed by atoms with Crippen molar-refractivity contribution in [2.45, 2.75) is 6.61 Å². The number of benzene rings is 2. The highest BCUT2D eigenvalue weighted by atomic mass is 16.5. The molecule has 0 radical (unpaired) electrons. The smallest absolute Gasteiger partial charge is 0.339 e. The van der Waals surface area contributed by atoms with Crippen LogP contribution in [0.15, 0.2) is 42.5 Å². The average molecular weight is 274 g/mol. The van der Waals surface area contributed by atoms with Crippen LogP contribution in [0.2, 0.25) is 0 Å². The van der Waals surface area contributed by atoms with E-state index in [4.69, 9.17) is 14.6 Å². The first-order valence-electron chi connectivity index (χ1n) is 5.92. The number of hydrogen-bond acceptors (Lipinski definition) is 4. The largest absolute Gasteiger partial charge is 0.508 e. The van der Waals surface area contributed by atoms with Crippen molar-refractivity contribution in [2.75, 3.05) is 7.11 Å². The Morgan fingerprint density at radius 2 is 2.00 bits per heavy atom. The van der Waals surface area contributed by atoms with Crippen LogP contribution in [0.4, 0.5) is 0 Å². The number of carbonyl (C=O) groups is 1. The molecule has 5 heteroatoms. The molecule has 0 saturated carbocycles. The maximum atomic E-state index is 11.1.